The SMILES string of the molecule is CC(C)N(CCO)S(=O)(=O)c1ccc(C(N)=S)cc1Cl. The first-order valence-electron chi connectivity index (χ1n) is 5.94. The third kappa shape index (κ3) is 3.67. The van der Waals surface area contributed by atoms with Gasteiger partial charge in [-0.1, -0.05) is 29.9 Å². The number of nitrogens with zero attached hydrogens (tertiary/aromatic N) is 1. The highest BCUT2D eigenvalue weighted by molar-refractivity contribution is 7.89. The van der Waals surface area contributed by atoms with Crippen LogP contribution in [0.4, 0.5) is 0 Å². The number of hydrogen-bond donors (Lipinski definition) is 2. The number of thiocarbonyl (C=S) groups is 1. The number of nitrogens with two attached hydrogens (primary N) is 1. The van der Waals surface area contributed by atoms with E-state index in [-0.39, 0.29) is 34.1 Å². The van der Waals surface area contributed by atoms with Gasteiger partial charge < -0.3 is 10.8 Å². The topological polar surface area (TPSA) is 83.6 Å². The van der Waals surface area contributed by atoms with Crippen molar-refractivity contribution in [3.63, 3.8) is 0 Å². The molecule has 3 N–H and O–H groups in total. The summed E-state index contributed by atoms with van der Waals surface area (Å²) in [6.45, 7) is 3.20. The van der Waals surface area contributed by atoms with Crippen LogP contribution < -0.4 is 5.73 Å². The molecule has 1 aromatic rings. The molecule has 5 nitrogen and oxygen atoms in total. The van der Waals surface area contributed by atoms with Crippen molar-refractivity contribution in [1.29, 1.82) is 0 Å². The molecule has 0 aliphatic heterocycles. The van der Waals surface area contributed by atoms with Gasteiger partial charge in [0.2, 0.25) is 10.0 Å². The fraction of sp³-hybridized carbons (Fsp3) is 0.417. The summed E-state index contributed by atoms with van der Waals surface area (Å²) >= 11 is 10.8. The summed E-state index contributed by atoms with van der Waals surface area (Å²) in [5.74, 6) is 0. The number of hydrogen-bond acceptors (Lipinski definition) is 4. The van der Waals surface area contributed by atoms with Gasteiger partial charge in [-0.05, 0) is 26.0 Å². The van der Waals surface area contributed by atoms with E-state index in [2.05, 4.69) is 0 Å². The van der Waals surface area contributed by atoms with Gasteiger partial charge in [0.1, 0.15) is 9.88 Å². The van der Waals surface area contributed by atoms with E-state index >= 15 is 0 Å². The highest BCUT2D eigenvalue weighted by atomic mass is 35.5. The van der Waals surface area contributed by atoms with E-state index in [1.54, 1.807) is 13.8 Å². The zero-order chi connectivity index (χ0) is 15.5. The Balaban J connectivity index is 3.31. The standard InChI is InChI=1S/C12H17ClN2O3S2/c1-8(2)15(5-6-16)20(17,18)11-4-3-9(12(14)19)7-10(11)13/h3-4,7-8,16H,5-6H2,1-2H3,(H2,14,19). The zero-order valence-corrected chi connectivity index (χ0v) is 13.6. The largest absolute Gasteiger partial charge is 0.395 e. The Morgan fingerprint density at radius 1 is 1.50 bits per heavy atom. The lowest BCUT2D eigenvalue weighted by Gasteiger charge is -2.25. The quantitative estimate of drug-likeness (QED) is 0.766. The smallest absolute Gasteiger partial charge is 0.244 e. The molecule has 1 aromatic carbocycles. The molecular formula is C12H17ClN2O3S2. The highest BCUT2D eigenvalue weighted by Crippen LogP contribution is 2.26. The van der Waals surface area contributed by atoms with Crippen molar-refractivity contribution in [1.82, 2.24) is 4.31 Å². The monoisotopic (exact) mass is 336 g/mol. The molecule has 0 fully saturated rings. The Bertz CT molecular complexity index is 603. The number of halogens is 1. The second-order valence-corrected chi connectivity index (χ2v) is 7.15. The molecule has 112 valence electrons. The predicted octanol–water partition coefficient (Wildman–Crippen LogP) is 1.37. The van der Waals surface area contributed by atoms with E-state index in [0.29, 0.717) is 5.56 Å². The fourth-order valence-electron chi connectivity index (χ4n) is 1.74. The Labute approximate surface area is 129 Å². The molecule has 0 bridgehead atoms. The Kier molecular flexibility index (Phi) is 5.91. The average molecular weight is 337 g/mol. The third-order valence-corrected chi connectivity index (χ3v) is 5.49. The first-order valence-corrected chi connectivity index (χ1v) is 8.16. The molecule has 0 saturated heterocycles. The predicted molar refractivity (Wildman–Crippen MR) is 83.5 cm³/mol. The van der Waals surface area contributed by atoms with Crippen molar-refractivity contribution >= 4 is 38.8 Å². The molecule has 0 amide bonds. The van der Waals surface area contributed by atoms with Gasteiger partial charge in [-0.25, -0.2) is 8.42 Å². The van der Waals surface area contributed by atoms with Crippen molar-refractivity contribution in [2.75, 3.05) is 13.2 Å². The first-order chi connectivity index (χ1) is 9.21. The second-order valence-electron chi connectivity index (χ2n) is 4.44. The molecule has 0 aromatic heterocycles. The van der Waals surface area contributed by atoms with Crippen LogP contribution >= 0.6 is 23.8 Å². The van der Waals surface area contributed by atoms with Gasteiger partial charge in [-0.3, -0.25) is 0 Å². The number of benzene rings is 1. The second kappa shape index (κ2) is 6.82. The van der Waals surface area contributed by atoms with Crippen LogP contribution in [0.3, 0.4) is 0 Å². The lowest BCUT2D eigenvalue weighted by molar-refractivity contribution is 0.236. The van der Waals surface area contributed by atoms with Gasteiger partial charge in [-0.15, -0.1) is 0 Å². The number of sulfonamides is 1. The minimum absolute atomic E-state index is 0.00732. The summed E-state index contributed by atoms with van der Waals surface area (Å²) in [5, 5.41) is 9.06. The van der Waals surface area contributed by atoms with Crippen LogP contribution in [-0.4, -0.2) is 42.0 Å². The minimum atomic E-state index is -3.78. The van der Waals surface area contributed by atoms with Gasteiger partial charge in [0.15, 0.2) is 0 Å². The summed E-state index contributed by atoms with van der Waals surface area (Å²) in [6, 6.07) is 4.02. The van der Waals surface area contributed by atoms with Crippen LogP contribution in [-0.2, 0) is 10.0 Å². The van der Waals surface area contributed by atoms with Crippen molar-refractivity contribution in [2.24, 2.45) is 5.73 Å². The molecule has 0 aliphatic carbocycles. The summed E-state index contributed by atoms with van der Waals surface area (Å²) in [6.07, 6.45) is 0. The molecular weight excluding hydrogens is 320 g/mol. The molecule has 0 unspecified atom stereocenters. The molecule has 0 aliphatic rings. The van der Waals surface area contributed by atoms with Crippen LogP contribution in [0, 0.1) is 0 Å². The minimum Gasteiger partial charge on any atom is -0.395 e. The molecule has 20 heavy (non-hydrogen) atoms. The molecule has 8 heteroatoms. The third-order valence-electron chi connectivity index (χ3n) is 2.70. The molecule has 1 rings (SSSR count). The molecule has 0 saturated carbocycles. The van der Waals surface area contributed by atoms with Crippen LogP contribution in [0.25, 0.3) is 0 Å². The maximum Gasteiger partial charge on any atom is 0.244 e. The average Bonchev–Trinajstić information content (AvgIpc) is 2.34. The van der Waals surface area contributed by atoms with Gasteiger partial charge in [-0.2, -0.15) is 4.31 Å². The Morgan fingerprint density at radius 3 is 2.50 bits per heavy atom. The molecule has 0 spiro atoms. The van der Waals surface area contributed by atoms with Gasteiger partial charge in [0, 0.05) is 18.2 Å². The number of aliphatic hydroxyl groups excluding tert-OH is 1. The van der Waals surface area contributed by atoms with Crippen LogP contribution in [0.5, 0.6) is 0 Å². The lowest BCUT2D eigenvalue weighted by Crippen LogP contribution is -2.39. The summed E-state index contributed by atoms with van der Waals surface area (Å²) in [7, 11) is -3.78. The Hall–Kier alpha value is -0.730. The molecule has 0 heterocycles. The van der Waals surface area contributed by atoms with Crippen LogP contribution in [0.15, 0.2) is 23.1 Å². The van der Waals surface area contributed by atoms with E-state index in [1.807, 2.05) is 0 Å². The fourth-order valence-corrected chi connectivity index (χ4v) is 4.02. The summed E-state index contributed by atoms with van der Waals surface area (Å²) < 4.78 is 26.3. The van der Waals surface area contributed by atoms with Crippen molar-refractivity contribution in [3.05, 3.63) is 28.8 Å². The normalized spacial score (nSPS) is 12.1. The van der Waals surface area contributed by atoms with Gasteiger partial charge >= 0.3 is 0 Å². The van der Waals surface area contributed by atoms with Crippen LogP contribution in [0.2, 0.25) is 5.02 Å². The number of aliphatic hydroxyl groups is 1. The van der Waals surface area contributed by atoms with Gasteiger partial charge in [0.25, 0.3) is 0 Å². The van der Waals surface area contributed by atoms with E-state index in [9.17, 15) is 8.42 Å². The summed E-state index contributed by atoms with van der Waals surface area (Å²) in [4.78, 5) is 0.119. The maximum absolute atomic E-state index is 12.5. The van der Waals surface area contributed by atoms with E-state index < -0.39 is 10.0 Å². The first kappa shape index (κ1) is 17.3. The van der Waals surface area contributed by atoms with Crippen molar-refractivity contribution in [3.8, 4) is 0 Å². The van der Waals surface area contributed by atoms with E-state index in [0.717, 1.165) is 0 Å². The zero-order valence-electron chi connectivity index (χ0n) is 11.2. The lowest BCUT2D eigenvalue weighted by atomic mass is 10.2. The highest BCUT2D eigenvalue weighted by Gasteiger charge is 2.28. The summed E-state index contributed by atoms with van der Waals surface area (Å²) in [5.41, 5.74) is 5.98. The maximum atomic E-state index is 12.5. The Morgan fingerprint density at radius 2 is 2.10 bits per heavy atom. The van der Waals surface area contributed by atoms with Gasteiger partial charge in [0.05, 0.1) is 11.6 Å². The molecule has 0 radical (unpaired) electrons. The van der Waals surface area contributed by atoms with E-state index in [1.165, 1.54) is 22.5 Å². The van der Waals surface area contributed by atoms with E-state index in [4.69, 9.17) is 34.7 Å². The molecule has 0 atom stereocenters. The van der Waals surface area contributed by atoms with Crippen molar-refractivity contribution < 1.29 is 13.5 Å². The van der Waals surface area contributed by atoms with Crippen molar-refractivity contribution in [2.45, 2.75) is 24.8 Å². The van der Waals surface area contributed by atoms with Crippen LogP contribution in [0.1, 0.15) is 19.4 Å². The number of rotatable bonds is 6.